The zero-order valence-corrected chi connectivity index (χ0v) is 55.6. The average Bonchev–Trinajstić information content (AvgIpc) is 0.797. The topological polar surface area (TPSA) is 62.3 Å². The molecule has 5 heterocycles. The lowest BCUT2D eigenvalue weighted by Crippen LogP contribution is -2.33. The number of nitrogens with zero attached hydrogens (tertiary/aromatic N) is 5. The lowest BCUT2D eigenvalue weighted by atomic mass is 9.86. The van der Waals surface area contributed by atoms with Crippen molar-refractivity contribution in [3.05, 3.63) is 297 Å². The number of ether oxygens (including phenoxy) is 5. The van der Waals surface area contributed by atoms with Crippen LogP contribution in [0.5, 0.6) is 28.7 Å². The predicted octanol–water partition coefficient (Wildman–Crippen LogP) is 19.6. The van der Waals surface area contributed by atoms with Gasteiger partial charge in [0.05, 0.1) is 18.8 Å². The molecule has 101 heavy (non-hydrogen) atoms. The molecule has 0 saturated carbocycles. The van der Waals surface area contributed by atoms with Crippen molar-refractivity contribution >= 4 is 28.4 Å². The fourth-order valence-corrected chi connectivity index (χ4v) is 11.4. The molecule has 10 aromatic carbocycles. The molecule has 0 aliphatic carbocycles. The predicted molar refractivity (Wildman–Crippen MR) is 360 cm³/mol. The Kier molecular flexibility index (Phi) is 21.5. The van der Waals surface area contributed by atoms with E-state index in [0.717, 1.165) is 58.0 Å². The largest absolute Gasteiger partial charge is 0.473 e. The summed E-state index contributed by atoms with van der Waals surface area (Å²) in [5, 5.41) is 0. The van der Waals surface area contributed by atoms with E-state index in [-0.39, 0.29) is 65.7 Å². The first-order valence-electron chi connectivity index (χ1n) is 31.8. The number of hydrogen-bond donors (Lipinski definition) is 0. The molecule has 0 saturated heterocycles. The summed E-state index contributed by atoms with van der Waals surface area (Å²) in [6, 6.07) is 43.4. The standard InChI is InChI=1S/C18H18F3NO.C18H19F2NO.2C14H10F3NO.C14H11F2NO/c1-18(2,3)12-4-5-16-11(6-12)9-22(10-23-16)17-14(20)7-13(19)8-15(17)21;1-18(2,3)13-4-7-17-12(8-13)10-21(11-22-17)14-5-6-15(19)16(20)9-14;15-10-1-4-14-9(5-10)7-18(8-19-14)11-2-3-12(16)13(17)6-11;15-10-2-4-14-9(5-10)7-18(8-19-14)13-3-1-11(16)6-12(13)17;15-11-1-4-13(5-2-11)17-8-10-7-12(16)3-6-14(10)18-9-17/h4-8H,9-10H2,1-3H3;4-9H,10-11H2,1-3H3;2*1-6H,7-8H2;1-7H,8-9H2. The lowest BCUT2D eigenvalue weighted by molar-refractivity contribution is 0.285. The fourth-order valence-electron chi connectivity index (χ4n) is 11.4. The molecular weight excluding hydrogens is 1330 g/mol. The third-order valence-corrected chi connectivity index (χ3v) is 16.9. The van der Waals surface area contributed by atoms with Crippen LogP contribution in [0.3, 0.4) is 0 Å². The number of benzene rings is 10. The molecule has 526 valence electrons. The van der Waals surface area contributed by atoms with Crippen molar-refractivity contribution in [3.8, 4) is 28.7 Å². The third kappa shape index (κ3) is 17.7. The SMILES string of the molecule is CC(C)(C)c1ccc2c(c1)CN(c1c(F)cc(F)cc1F)CO2.CC(C)(C)c1ccc2c(c1)CN(c1ccc(F)c(F)c1)CO2.Fc1ccc(N2COc3ccc(F)cc3C2)c(F)c1.Fc1ccc(N2COc3ccc(F)cc3C2)cc1.Fc1ccc2c(c1)CN(c1ccc(F)c(F)c1)CO2. The van der Waals surface area contributed by atoms with Crippen molar-refractivity contribution < 1.29 is 80.8 Å². The summed E-state index contributed by atoms with van der Waals surface area (Å²) in [6.45, 7) is 16.0. The van der Waals surface area contributed by atoms with Gasteiger partial charge in [-0.15, -0.1) is 0 Å². The Bertz CT molecular complexity index is 4610. The van der Waals surface area contributed by atoms with Crippen LogP contribution in [-0.4, -0.2) is 33.7 Å². The molecule has 0 aromatic heterocycles. The Labute approximate surface area is 575 Å². The van der Waals surface area contributed by atoms with E-state index in [2.05, 4.69) is 53.7 Å². The normalized spacial score (nSPS) is 14.2. The maximum atomic E-state index is 14.0. The summed E-state index contributed by atoms with van der Waals surface area (Å²) >= 11 is 0. The maximum absolute atomic E-state index is 14.0. The van der Waals surface area contributed by atoms with Gasteiger partial charge in [-0.05, 0) is 161 Å². The Morgan fingerprint density at radius 3 is 0.950 bits per heavy atom. The molecule has 0 atom stereocenters. The van der Waals surface area contributed by atoms with E-state index in [1.165, 1.54) is 83.3 Å². The van der Waals surface area contributed by atoms with Crippen LogP contribution in [0.25, 0.3) is 0 Å². The summed E-state index contributed by atoms with van der Waals surface area (Å²) in [5.41, 5.74) is 8.30. The van der Waals surface area contributed by atoms with Crippen LogP contribution in [-0.2, 0) is 43.6 Å². The molecule has 10 aromatic rings. The van der Waals surface area contributed by atoms with Crippen LogP contribution < -0.4 is 48.2 Å². The highest BCUT2D eigenvalue weighted by atomic mass is 19.2. The Hall–Kier alpha value is -10.7. The second-order valence-electron chi connectivity index (χ2n) is 26.2. The first-order chi connectivity index (χ1) is 48.1. The van der Waals surface area contributed by atoms with Gasteiger partial charge in [0.1, 0.15) is 75.2 Å². The van der Waals surface area contributed by atoms with E-state index in [4.69, 9.17) is 23.7 Å². The van der Waals surface area contributed by atoms with Crippen molar-refractivity contribution in [1.82, 2.24) is 0 Å². The molecule has 0 radical (unpaired) electrons. The number of halogens is 13. The van der Waals surface area contributed by atoms with Crippen LogP contribution in [0.2, 0.25) is 0 Å². The molecule has 0 bridgehead atoms. The van der Waals surface area contributed by atoms with E-state index in [1.54, 1.807) is 46.2 Å². The van der Waals surface area contributed by atoms with Crippen molar-refractivity contribution in [3.63, 3.8) is 0 Å². The van der Waals surface area contributed by atoms with Crippen LogP contribution in [0.1, 0.15) is 80.5 Å². The minimum atomic E-state index is -0.933. The molecule has 23 heteroatoms. The van der Waals surface area contributed by atoms with Crippen molar-refractivity contribution in [1.29, 1.82) is 0 Å². The van der Waals surface area contributed by atoms with Gasteiger partial charge in [-0.2, -0.15) is 0 Å². The van der Waals surface area contributed by atoms with Gasteiger partial charge in [-0.3, -0.25) is 0 Å². The Balaban J connectivity index is 0.000000127. The monoisotopic (exact) mass is 1400 g/mol. The van der Waals surface area contributed by atoms with Gasteiger partial charge >= 0.3 is 0 Å². The lowest BCUT2D eigenvalue weighted by Gasteiger charge is -2.32. The molecular formula is C78H68F13N5O5. The average molecular weight is 1400 g/mol. The van der Waals surface area contributed by atoms with Crippen molar-refractivity contribution in [2.75, 3.05) is 58.2 Å². The van der Waals surface area contributed by atoms with Crippen molar-refractivity contribution in [2.24, 2.45) is 0 Å². The van der Waals surface area contributed by atoms with Gasteiger partial charge in [0.15, 0.2) is 68.6 Å². The number of fused-ring (bicyclic) bond motifs is 5. The van der Waals surface area contributed by atoms with Crippen LogP contribution in [0.15, 0.2) is 182 Å². The second kappa shape index (κ2) is 30.4. The first kappa shape index (κ1) is 71.6. The van der Waals surface area contributed by atoms with E-state index in [1.807, 2.05) is 34.1 Å². The highest BCUT2D eigenvalue weighted by Gasteiger charge is 2.28. The highest BCUT2D eigenvalue weighted by molar-refractivity contribution is 5.56. The van der Waals surface area contributed by atoms with Gasteiger partial charge in [-0.25, -0.2) is 57.1 Å². The molecule has 5 aliphatic heterocycles. The maximum Gasteiger partial charge on any atom is 0.161 e. The quantitative estimate of drug-likeness (QED) is 0.156. The molecule has 0 fully saturated rings. The Morgan fingerprint density at radius 1 is 0.248 bits per heavy atom. The van der Waals surface area contributed by atoms with Crippen LogP contribution >= 0.6 is 0 Å². The van der Waals surface area contributed by atoms with Gasteiger partial charge in [-0.1, -0.05) is 53.7 Å². The molecule has 0 spiro atoms. The summed E-state index contributed by atoms with van der Waals surface area (Å²) in [5.74, 6) is -5.40. The number of anilines is 5. The zero-order valence-electron chi connectivity index (χ0n) is 55.6. The van der Waals surface area contributed by atoms with Crippen LogP contribution in [0, 0.1) is 75.6 Å². The summed E-state index contributed by atoms with van der Waals surface area (Å²) in [4.78, 5) is 8.51. The van der Waals surface area contributed by atoms with E-state index < -0.39 is 52.4 Å². The van der Waals surface area contributed by atoms with E-state index >= 15 is 0 Å². The highest BCUT2D eigenvalue weighted by Crippen LogP contribution is 2.38. The fraction of sp³-hybridized carbons (Fsp3) is 0.231. The molecule has 0 amide bonds. The summed E-state index contributed by atoms with van der Waals surface area (Å²) in [6.07, 6.45) is 0. The van der Waals surface area contributed by atoms with E-state index in [0.29, 0.717) is 104 Å². The molecule has 15 rings (SSSR count). The summed E-state index contributed by atoms with van der Waals surface area (Å²) in [7, 11) is 0. The number of rotatable bonds is 5. The smallest absolute Gasteiger partial charge is 0.161 e. The van der Waals surface area contributed by atoms with Gasteiger partial charge in [0.2, 0.25) is 0 Å². The molecule has 5 aliphatic rings. The van der Waals surface area contributed by atoms with Crippen LogP contribution in [0.4, 0.5) is 85.5 Å². The van der Waals surface area contributed by atoms with E-state index in [9.17, 15) is 57.1 Å². The minimum Gasteiger partial charge on any atom is -0.473 e. The summed E-state index contributed by atoms with van der Waals surface area (Å²) < 4.78 is 200. The molecule has 0 unspecified atom stereocenters. The molecule has 10 nitrogen and oxygen atoms in total. The third-order valence-electron chi connectivity index (χ3n) is 16.9. The first-order valence-corrected chi connectivity index (χ1v) is 31.8. The molecule has 0 N–H and O–H groups in total. The number of hydrogen-bond acceptors (Lipinski definition) is 10. The minimum absolute atomic E-state index is 0.0152. The van der Waals surface area contributed by atoms with Gasteiger partial charge in [0, 0.05) is 94.8 Å². The second-order valence-corrected chi connectivity index (χ2v) is 26.2. The van der Waals surface area contributed by atoms with Gasteiger partial charge < -0.3 is 48.2 Å². The van der Waals surface area contributed by atoms with Crippen molar-refractivity contribution in [2.45, 2.75) is 85.1 Å². The Morgan fingerprint density at radius 2 is 0.554 bits per heavy atom. The zero-order chi connectivity index (χ0) is 72.0. The van der Waals surface area contributed by atoms with Gasteiger partial charge in [0.25, 0.3) is 0 Å².